The Morgan fingerprint density at radius 3 is 3.06 bits per heavy atom. The summed E-state index contributed by atoms with van der Waals surface area (Å²) in [5, 5.41) is 2.02. The Kier molecular flexibility index (Phi) is 6.90. The molecule has 94 valence electrons. The molecule has 1 rings (SSSR count). The lowest BCUT2D eigenvalue weighted by atomic mass is 10.2. The van der Waals surface area contributed by atoms with Gasteiger partial charge >= 0.3 is 0 Å². The van der Waals surface area contributed by atoms with Crippen molar-refractivity contribution in [2.24, 2.45) is 5.73 Å². The van der Waals surface area contributed by atoms with Crippen LogP contribution in [0, 0.1) is 11.8 Å². The van der Waals surface area contributed by atoms with E-state index in [1.165, 1.54) is 0 Å². The van der Waals surface area contributed by atoms with Crippen molar-refractivity contribution in [1.82, 2.24) is 0 Å². The second-order valence-corrected chi connectivity index (χ2v) is 4.55. The Hall–Kier alpha value is -0.860. The Bertz CT molecular complexity index is 378. The second-order valence-electron chi connectivity index (χ2n) is 3.54. The van der Waals surface area contributed by atoms with Gasteiger partial charge in [0.15, 0.2) is 0 Å². The number of hydrogen-bond donors (Lipinski definition) is 1. The first-order valence-corrected chi connectivity index (χ1v) is 6.60. The molecule has 3 nitrogen and oxygen atoms in total. The van der Waals surface area contributed by atoms with Crippen LogP contribution in [0.1, 0.15) is 24.3 Å². The van der Waals surface area contributed by atoms with E-state index in [0.29, 0.717) is 19.8 Å². The van der Waals surface area contributed by atoms with E-state index in [1.54, 1.807) is 11.3 Å². The lowest BCUT2D eigenvalue weighted by molar-refractivity contribution is -0.0108. The molecule has 1 heterocycles. The van der Waals surface area contributed by atoms with Crippen LogP contribution in [0.4, 0.5) is 0 Å². The summed E-state index contributed by atoms with van der Waals surface area (Å²) >= 11 is 1.66. The Morgan fingerprint density at radius 2 is 2.35 bits per heavy atom. The van der Waals surface area contributed by atoms with Crippen molar-refractivity contribution >= 4 is 11.3 Å². The summed E-state index contributed by atoms with van der Waals surface area (Å²) in [6, 6.07) is 2.00. The van der Waals surface area contributed by atoms with E-state index < -0.39 is 0 Å². The van der Waals surface area contributed by atoms with Gasteiger partial charge in [-0.1, -0.05) is 11.8 Å². The second kappa shape index (κ2) is 8.26. The topological polar surface area (TPSA) is 44.5 Å². The van der Waals surface area contributed by atoms with Gasteiger partial charge < -0.3 is 15.2 Å². The molecule has 2 N–H and O–H groups in total. The van der Waals surface area contributed by atoms with Gasteiger partial charge in [0.2, 0.25) is 0 Å². The zero-order chi connectivity index (χ0) is 12.5. The number of hydrogen-bond acceptors (Lipinski definition) is 4. The van der Waals surface area contributed by atoms with E-state index in [-0.39, 0.29) is 6.10 Å². The maximum Gasteiger partial charge on any atom is 0.0826 e. The van der Waals surface area contributed by atoms with Crippen LogP contribution in [0.15, 0.2) is 11.4 Å². The van der Waals surface area contributed by atoms with E-state index in [9.17, 15) is 0 Å². The van der Waals surface area contributed by atoms with Crippen LogP contribution < -0.4 is 5.73 Å². The fourth-order valence-electron chi connectivity index (χ4n) is 1.26. The van der Waals surface area contributed by atoms with Gasteiger partial charge in [0.25, 0.3) is 0 Å². The zero-order valence-electron chi connectivity index (χ0n) is 10.4. The molecule has 0 aliphatic carbocycles. The van der Waals surface area contributed by atoms with Crippen molar-refractivity contribution in [2.45, 2.75) is 26.6 Å². The fraction of sp³-hybridized carbons (Fsp3) is 0.538. The number of nitrogens with two attached hydrogens (primary N) is 1. The quantitative estimate of drug-likeness (QED) is 0.789. The summed E-state index contributed by atoms with van der Waals surface area (Å²) < 4.78 is 11.0. The molecule has 0 aliphatic rings. The van der Waals surface area contributed by atoms with E-state index in [4.69, 9.17) is 15.2 Å². The van der Waals surface area contributed by atoms with Crippen molar-refractivity contribution in [2.75, 3.05) is 19.8 Å². The van der Waals surface area contributed by atoms with Gasteiger partial charge in [0.05, 0.1) is 25.9 Å². The third-order valence-electron chi connectivity index (χ3n) is 2.13. The highest BCUT2D eigenvalue weighted by Crippen LogP contribution is 2.17. The molecule has 0 spiro atoms. The molecule has 17 heavy (non-hydrogen) atoms. The molecular weight excluding hydrogens is 234 g/mol. The predicted molar refractivity (Wildman–Crippen MR) is 71.0 cm³/mol. The lowest BCUT2D eigenvalue weighted by Gasteiger charge is -2.12. The van der Waals surface area contributed by atoms with Gasteiger partial charge in [-0.3, -0.25) is 0 Å². The van der Waals surface area contributed by atoms with Crippen molar-refractivity contribution in [3.63, 3.8) is 0 Å². The Labute approximate surface area is 107 Å². The fourth-order valence-corrected chi connectivity index (χ4v) is 2.01. The van der Waals surface area contributed by atoms with E-state index in [2.05, 4.69) is 11.8 Å². The third-order valence-corrected chi connectivity index (χ3v) is 3.02. The van der Waals surface area contributed by atoms with Crippen molar-refractivity contribution in [1.29, 1.82) is 0 Å². The normalized spacial score (nSPS) is 11.9. The molecule has 0 radical (unpaired) electrons. The smallest absolute Gasteiger partial charge is 0.0826 e. The monoisotopic (exact) mass is 253 g/mol. The molecule has 1 unspecified atom stereocenters. The van der Waals surface area contributed by atoms with Gasteiger partial charge in [-0.05, 0) is 25.3 Å². The average molecular weight is 253 g/mol. The molecule has 0 aliphatic heterocycles. The maximum absolute atomic E-state index is 5.70. The van der Waals surface area contributed by atoms with Gasteiger partial charge in [-0.15, -0.1) is 11.3 Å². The lowest BCUT2D eigenvalue weighted by Crippen LogP contribution is -2.15. The summed E-state index contributed by atoms with van der Waals surface area (Å²) in [4.78, 5) is 1.15. The van der Waals surface area contributed by atoms with Crippen LogP contribution in [-0.2, 0) is 16.1 Å². The zero-order valence-corrected chi connectivity index (χ0v) is 11.2. The highest BCUT2D eigenvalue weighted by Gasteiger charge is 2.06. The molecule has 0 amide bonds. The molecule has 0 aromatic carbocycles. The Morgan fingerprint density at radius 1 is 1.53 bits per heavy atom. The standard InChI is InChI=1S/C13H19NO2S/c1-3-15-9-11(2)16-10-13-12(5-4-7-14)6-8-17-13/h6,8,11H,3,7,9-10,14H2,1-2H3. The first-order chi connectivity index (χ1) is 8.27. The summed E-state index contributed by atoms with van der Waals surface area (Å²) in [6.45, 7) is 6.31. The minimum absolute atomic E-state index is 0.104. The molecule has 0 fully saturated rings. The highest BCUT2D eigenvalue weighted by molar-refractivity contribution is 7.10. The van der Waals surface area contributed by atoms with Crippen LogP contribution in [0.2, 0.25) is 0 Å². The van der Waals surface area contributed by atoms with Crippen LogP contribution in [0.5, 0.6) is 0 Å². The van der Waals surface area contributed by atoms with Crippen LogP contribution >= 0.6 is 11.3 Å². The number of thiophene rings is 1. The van der Waals surface area contributed by atoms with Crippen molar-refractivity contribution < 1.29 is 9.47 Å². The van der Waals surface area contributed by atoms with Gasteiger partial charge in [0, 0.05) is 17.0 Å². The highest BCUT2D eigenvalue weighted by atomic mass is 32.1. The van der Waals surface area contributed by atoms with Gasteiger partial charge in [-0.2, -0.15) is 0 Å². The SMILES string of the molecule is CCOCC(C)OCc1sccc1C#CCN. The van der Waals surface area contributed by atoms with Gasteiger partial charge in [-0.25, -0.2) is 0 Å². The van der Waals surface area contributed by atoms with Crippen molar-refractivity contribution in [3.05, 3.63) is 21.9 Å². The molecule has 1 aromatic heterocycles. The summed E-state index contributed by atoms with van der Waals surface area (Å²) in [7, 11) is 0. The summed E-state index contributed by atoms with van der Waals surface area (Å²) in [6.07, 6.45) is 0.104. The maximum atomic E-state index is 5.70. The molecular formula is C13H19NO2S. The number of rotatable bonds is 6. The van der Waals surface area contributed by atoms with Crippen LogP contribution in [0.25, 0.3) is 0 Å². The summed E-state index contributed by atoms with van der Waals surface area (Å²) in [5.41, 5.74) is 6.37. The molecule has 1 atom stereocenters. The van der Waals surface area contributed by atoms with Crippen LogP contribution in [0.3, 0.4) is 0 Å². The molecule has 0 saturated heterocycles. The van der Waals surface area contributed by atoms with E-state index >= 15 is 0 Å². The molecule has 0 saturated carbocycles. The molecule has 4 heteroatoms. The largest absolute Gasteiger partial charge is 0.379 e. The summed E-state index contributed by atoms with van der Waals surface area (Å²) in [5.74, 6) is 5.90. The molecule has 0 bridgehead atoms. The van der Waals surface area contributed by atoms with Crippen LogP contribution in [-0.4, -0.2) is 25.9 Å². The van der Waals surface area contributed by atoms with E-state index in [1.807, 2.05) is 25.3 Å². The minimum Gasteiger partial charge on any atom is -0.379 e. The minimum atomic E-state index is 0.104. The number of ether oxygens (including phenoxy) is 2. The van der Waals surface area contributed by atoms with Gasteiger partial charge in [0.1, 0.15) is 0 Å². The molecule has 1 aromatic rings. The third kappa shape index (κ3) is 5.33. The predicted octanol–water partition coefficient (Wildman–Crippen LogP) is 2.00. The van der Waals surface area contributed by atoms with E-state index in [0.717, 1.165) is 17.0 Å². The van der Waals surface area contributed by atoms with Crippen molar-refractivity contribution in [3.8, 4) is 11.8 Å². The Balaban J connectivity index is 2.43. The average Bonchev–Trinajstić information content (AvgIpc) is 2.78. The first-order valence-electron chi connectivity index (χ1n) is 5.72. The first kappa shape index (κ1) is 14.2.